The summed E-state index contributed by atoms with van der Waals surface area (Å²) in [5.41, 5.74) is 28.0. The second kappa shape index (κ2) is 15.2. The lowest BCUT2D eigenvalue weighted by Crippen LogP contribution is -2.88. The third-order valence-corrected chi connectivity index (χ3v) is 22.3. The van der Waals surface area contributed by atoms with Crippen LogP contribution in [0.2, 0.25) is 0 Å². The Morgan fingerprint density at radius 3 is 1.52 bits per heavy atom. The Kier molecular flexibility index (Phi) is 8.90. The highest BCUT2D eigenvalue weighted by atomic mass is 15.1. The molecule has 8 aliphatic rings. The minimum atomic E-state index is -0.515. The quantitative estimate of drug-likeness (QED) is 0.166. The van der Waals surface area contributed by atoms with Gasteiger partial charge in [0.25, 0.3) is 0 Å². The topological polar surface area (TPSA) is 3.24 Å². The summed E-state index contributed by atoms with van der Waals surface area (Å²) in [7, 11) is 0. The predicted molar refractivity (Wildman–Crippen MR) is 320 cm³/mol. The maximum absolute atomic E-state index is 2.72. The number of hydrogen-bond donors (Lipinski definition) is 0. The van der Waals surface area contributed by atoms with Crippen molar-refractivity contribution in [1.29, 1.82) is 0 Å². The van der Waals surface area contributed by atoms with E-state index in [9.17, 15) is 0 Å². The zero-order valence-corrected chi connectivity index (χ0v) is 45.8. The van der Waals surface area contributed by atoms with Gasteiger partial charge in [-0.2, -0.15) is 0 Å². The molecule has 0 aliphatic heterocycles. The van der Waals surface area contributed by atoms with Gasteiger partial charge in [-0.3, -0.25) is 0 Å². The first-order valence-electron chi connectivity index (χ1n) is 29.6. The number of anilines is 3. The van der Waals surface area contributed by atoms with Crippen LogP contribution in [0.4, 0.5) is 17.1 Å². The Bertz CT molecular complexity index is 3940. The standard InChI is InChI=1S/C76H69N/c1-72(2,3)47-30-34-56-57-35-31-48(73(4,5)6)40-65(57)75(64(56)39-47)62-27-13-10-22-54(62)58-36-32-51(43-66(58)75)77(68-29-15-12-24-60(68)61-26-17-21-46-20-16-25-53(71(46)61)45-18-8-7-9-19-45)52-33-37-59-55-23-11-14-28-63(55)76(67(59)44-52)69-41-49-38-50-42-70(76)74(49,50)69/h10-17,20-37,39-40,43-45,49-50,69-70H,7-9,18-19,38,41-42H2,1-6H3. The summed E-state index contributed by atoms with van der Waals surface area (Å²) in [5, 5.41) is 2.78. The van der Waals surface area contributed by atoms with Crippen molar-refractivity contribution in [2.45, 2.75) is 120 Å². The molecule has 9 aromatic carbocycles. The Morgan fingerprint density at radius 2 is 0.896 bits per heavy atom. The predicted octanol–water partition coefficient (Wildman–Crippen LogP) is 19.9. The van der Waals surface area contributed by atoms with Crippen molar-refractivity contribution in [3.8, 4) is 44.5 Å². The first-order valence-corrected chi connectivity index (χ1v) is 29.6. The molecule has 5 fully saturated rings. The molecule has 4 unspecified atom stereocenters. The second-order valence-corrected chi connectivity index (χ2v) is 27.3. The van der Waals surface area contributed by atoms with Gasteiger partial charge in [-0.25, -0.2) is 0 Å². The van der Waals surface area contributed by atoms with Crippen molar-refractivity contribution >= 4 is 27.8 Å². The first-order chi connectivity index (χ1) is 37.4. The molecule has 0 N–H and O–H groups in total. The van der Waals surface area contributed by atoms with Crippen LogP contribution in [0.5, 0.6) is 0 Å². The minimum absolute atomic E-state index is 0.0204. The number of rotatable bonds is 5. The molecule has 1 heteroatoms. The Hall–Kier alpha value is -6.96. The van der Waals surface area contributed by atoms with Crippen LogP contribution in [0, 0.1) is 29.1 Å². The highest BCUT2D eigenvalue weighted by Crippen LogP contribution is 2.95. The lowest BCUT2D eigenvalue weighted by molar-refractivity contribution is -0.412. The van der Waals surface area contributed by atoms with Gasteiger partial charge in [-0.1, -0.05) is 212 Å². The van der Waals surface area contributed by atoms with E-state index >= 15 is 0 Å². The normalized spacial score (nSPS) is 25.0. The molecule has 4 atom stereocenters. The van der Waals surface area contributed by atoms with Gasteiger partial charge in [-0.15, -0.1) is 0 Å². The lowest BCUT2D eigenvalue weighted by atomic mass is 9.11. The van der Waals surface area contributed by atoms with E-state index in [4.69, 9.17) is 0 Å². The summed E-state index contributed by atoms with van der Waals surface area (Å²) >= 11 is 0. The van der Waals surface area contributed by atoms with Crippen molar-refractivity contribution in [1.82, 2.24) is 0 Å². The average molecular weight is 996 g/mol. The van der Waals surface area contributed by atoms with Crippen LogP contribution >= 0.6 is 0 Å². The molecular weight excluding hydrogens is 927 g/mol. The smallest absolute Gasteiger partial charge is 0.0726 e. The zero-order chi connectivity index (χ0) is 51.5. The summed E-state index contributed by atoms with van der Waals surface area (Å²) in [5.74, 6) is 3.99. The van der Waals surface area contributed by atoms with E-state index < -0.39 is 5.41 Å². The van der Waals surface area contributed by atoms with E-state index in [-0.39, 0.29) is 16.2 Å². The molecule has 3 spiro atoms. The van der Waals surface area contributed by atoms with Crippen LogP contribution in [0.25, 0.3) is 55.3 Å². The van der Waals surface area contributed by atoms with E-state index in [2.05, 4.69) is 228 Å². The van der Waals surface area contributed by atoms with Crippen molar-refractivity contribution < 1.29 is 0 Å². The number of nitrogens with zero attached hydrogens (tertiary/aromatic N) is 1. The van der Waals surface area contributed by atoms with Gasteiger partial charge in [0.05, 0.1) is 11.1 Å². The maximum atomic E-state index is 2.72. The van der Waals surface area contributed by atoms with Crippen LogP contribution in [-0.2, 0) is 21.7 Å². The number of fused-ring (bicyclic) bond motifs is 18. The molecule has 8 aliphatic carbocycles. The van der Waals surface area contributed by atoms with Crippen LogP contribution in [0.1, 0.15) is 149 Å². The van der Waals surface area contributed by atoms with Gasteiger partial charge in [0.2, 0.25) is 0 Å². The molecule has 77 heavy (non-hydrogen) atoms. The van der Waals surface area contributed by atoms with Crippen LogP contribution in [0.15, 0.2) is 182 Å². The number of para-hydroxylation sites is 1. The van der Waals surface area contributed by atoms with Crippen molar-refractivity contribution in [3.63, 3.8) is 0 Å². The molecule has 0 aromatic heterocycles. The first kappa shape index (κ1) is 45.1. The molecule has 9 aromatic rings. The van der Waals surface area contributed by atoms with Gasteiger partial charge in [-0.05, 0) is 208 Å². The van der Waals surface area contributed by atoms with Crippen LogP contribution in [-0.4, -0.2) is 0 Å². The molecule has 5 saturated carbocycles. The number of benzene rings is 9. The fraction of sp³-hybridized carbons (Fsp3) is 0.316. The van der Waals surface area contributed by atoms with Crippen LogP contribution in [0.3, 0.4) is 0 Å². The fourth-order valence-corrected chi connectivity index (χ4v) is 19.0. The Morgan fingerprint density at radius 1 is 0.403 bits per heavy atom. The van der Waals surface area contributed by atoms with Crippen molar-refractivity contribution in [2.75, 3.05) is 4.90 Å². The largest absolute Gasteiger partial charge is 0.310 e. The molecule has 0 radical (unpaired) electrons. The molecule has 1 nitrogen and oxygen atoms in total. The highest BCUT2D eigenvalue weighted by Gasteiger charge is 2.90. The van der Waals surface area contributed by atoms with E-state index in [1.165, 1.54) is 163 Å². The lowest BCUT2D eigenvalue weighted by Gasteiger charge is -2.92. The molecule has 17 rings (SSSR count). The van der Waals surface area contributed by atoms with E-state index in [0.29, 0.717) is 11.3 Å². The van der Waals surface area contributed by atoms with Crippen molar-refractivity contribution in [3.05, 3.63) is 232 Å². The summed E-state index contributed by atoms with van der Waals surface area (Å²) in [4.78, 5) is 2.71. The van der Waals surface area contributed by atoms with Gasteiger partial charge >= 0.3 is 0 Å². The van der Waals surface area contributed by atoms with Crippen molar-refractivity contribution in [2.24, 2.45) is 29.1 Å². The zero-order valence-electron chi connectivity index (χ0n) is 45.8. The summed E-state index contributed by atoms with van der Waals surface area (Å²) in [6.45, 7) is 14.3. The van der Waals surface area contributed by atoms with Crippen LogP contribution < -0.4 is 4.90 Å². The summed E-state index contributed by atoms with van der Waals surface area (Å²) in [6.07, 6.45) is 10.8. The molecule has 378 valence electrons. The van der Waals surface area contributed by atoms with Gasteiger partial charge < -0.3 is 4.90 Å². The second-order valence-electron chi connectivity index (χ2n) is 27.3. The van der Waals surface area contributed by atoms with Gasteiger partial charge in [0, 0.05) is 22.4 Å². The van der Waals surface area contributed by atoms with E-state index in [1.807, 2.05) is 0 Å². The summed E-state index contributed by atoms with van der Waals surface area (Å²) < 4.78 is 0. The minimum Gasteiger partial charge on any atom is -0.310 e. The SMILES string of the molecule is CC(C)(C)c1ccc2c(c1)C1(c3ccccc3-c3ccc(N(c4ccc5c(c4)C4(c6ccccc6-5)C5CC6CC7CC4C675)c4ccccc4-c4cccc5cccc(C6CCCCC6)c45)cc31)c1cc(C(C)(C)C)ccc1-2. The third-order valence-electron chi connectivity index (χ3n) is 22.3. The summed E-state index contributed by atoms with van der Waals surface area (Å²) in [6, 6.07) is 73.1. The molecule has 0 amide bonds. The highest BCUT2D eigenvalue weighted by molar-refractivity contribution is 6.04. The Balaban J connectivity index is 0.939. The molecule has 0 heterocycles. The number of hydrogen-bond acceptors (Lipinski definition) is 1. The van der Waals surface area contributed by atoms with Gasteiger partial charge in [0.15, 0.2) is 0 Å². The average Bonchev–Trinajstić information content (AvgIpc) is 2.07. The van der Waals surface area contributed by atoms with E-state index in [0.717, 1.165) is 23.7 Å². The monoisotopic (exact) mass is 996 g/mol. The molecule has 0 saturated heterocycles. The molecular formula is C76H69N. The maximum Gasteiger partial charge on any atom is 0.0726 e. The Labute approximate surface area is 456 Å². The molecule has 0 bridgehead atoms. The van der Waals surface area contributed by atoms with E-state index in [1.54, 1.807) is 11.1 Å². The fourth-order valence-electron chi connectivity index (χ4n) is 19.0. The van der Waals surface area contributed by atoms with Gasteiger partial charge in [0.1, 0.15) is 0 Å². The third kappa shape index (κ3) is 5.48.